The van der Waals surface area contributed by atoms with Crippen LogP contribution in [0.3, 0.4) is 0 Å². The number of aliphatic hydroxyl groups is 1. The smallest absolute Gasteiger partial charge is 0.291 e. The van der Waals surface area contributed by atoms with Gasteiger partial charge in [-0.05, 0) is 61.9 Å². The molecule has 0 atom stereocenters. The molecule has 1 heterocycles. The van der Waals surface area contributed by atoms with Gasteiger partial charge in [0.2, 0.25) is 0 Å². The van der Waals surface area contributed by atoms with Crippen molar-refractivity contribution in [2.45, 2.75) is 31.7 Å². The number of anilines is 1. The second kappa shape index (κ2) is 7.98. The van der Waals surface area contributed by atoms with E-state index in [2.05, 4.69) is 10.6 Å². The van der Waals surface area contributed by atoms with Crippen LogP contribution in [0.1, 0.15) is 46.6 Å². The number of nitrogens with one attached hydrogen (secondary N) is 2. The summed E-state index contributed by atoms with van der Waals surface area (Å²) >= 11 is 0. The van der Waals surface area contributed by atoms with Crippen molar-refractivity contribution in [3.05, 3.63) is 54.0 Å². The van der Waals surface area contributed by atoms with E-state index < -0.39 is 0 Å². The van der Waals surface area contributed by atoms with Gasteiger partial charge < -0.3 is 20.2 Å². The highest BCUT2D eigenvalue weighted by Crippen LogP contribution is 2.24. The quantitative estimate of drug-likeness (QED) is 0.779. The van der Waals surface area contributed by atoms with Crippen molar-refractivity contribution in [1.82, 2.24) is 5.32 Å². The van der Waals surface area contributed by atoms with E-state index in [1.807, 2.05) is 0 Å². The van der Waals surface area contributed by atoms with Gasteiger partial charge in [0.25, 0.3) is 11.8 Å². The zero-order valence-corrected chi connectivity index (χ0v) is 13.9. The van der Waals surface area contributed by atoms with Crippen molar-refractivity contribution >= 4 is 17.5 Å². The fourth-order valence-electron chi connectivity index (χ4n) is 3.10. The lowest BCUT2D eigenvalue weighted by atomic mass is 9.86. The van der Waals surface area contributed by atoms with Crippen molar-refractivity contribution in [1.29, 1.82) is 0 Å². The largest absolute Gasteiger partial charge is 0.459 e. The number of amides is 2. The maximum atomic E-state index is 12.4. The molecule has 3 N–H and O–H groups in total. The summed E-state index contributed by atoms with van der Waals surface area (Å²) in [6, 6.07) is 10.2. The van der Waals surface area contributed by atoms with Gasteiger partial charge in [-0.15, -0.1) is 0 Å². The molecule has 3 rings (SSSR count). The molecule has 1 saturated carbocycles. The Morgan fingerprint density at radius 2 is 1.88 bits per heavy atom. The first-order valence-electron chi connectivity index (χ1n) is 8.52. The maximum absolute atomic E-state index is 12.4. The molecular formula is C19H22N2O4. The van der Waals surface area contributed by atoms with Gasteiger partial charge in [-0.3, -0.25) is 9.59 Å². The van der Waals surface area contributed by atoms with Crippen molar-refractivity contribution < 1.29 is 19.1 Å². The average Bonchev–Trinajstić information content (AvgIpc) is 3.17. The van der Waals surface area contributed by atoms with Gasteiger partial charge in [0.15, 0.2) is 5.76 Å². The number of benzene rings is 1. The lowest BCUT2D eigenvalue weighted by molar-refractivity contribution is 0.0912. The highest BCUT2D eigenvalue weighted by molar-refractivity contribution is 6.03. The van der Waals surface area contributed by atoms with Crippen LogP contribution in [-0.4, -0.2) is 29.6 Å². The van der Waals surface area contributed by atoms with Crippen molar-refractivity contribution in [3.63, 3.8) is 0 Å². The Kier molecular flexibility index (Phi) is 5.50. The zero-order valence-electron chi connectivity index (χ0n) is 13.9. The van der Waals surface area contributed by atoms with Crippen LogP contribution in [0.15, 0.2) is 47.1 Å². The summed E-state index contributed by atoms with van der Waals surface area (Å²) in [6.45, 7) is 0.220. The van der Waals surface area contributed by atoms with Crippen LogP contribution < -0.4 is 10.6 Å². The molecular weight excluding hydrogens is 320 g/mol. The Labute approximate surface area is 146 Å². The number of hydrogen-bond donors (Lipinski definition) is 3. The SMILES string of the molecule is O=C(NC1CCC(CO)CC1)c1cccc(NC(=O)c2ccco2)c1. The molecule has 6 heteroatoms. The van der Waals surface area contributed by atoms with Gasteiger partial charge in [-0.2, -0.15) is 0 Å². The van der Waals surface area contributed by atoms with Gasteiger partial charge in [-0.1, -0.05) is 6.07 Å². The summed E-state index contributed by atoms with van der Waals surface area (Å²) in [5.74, 6) is 0.0650. The van der Waals surface area contributed by atoms with Crippen molar-refractivity contribution in [3.8, 4) is 0 Å². The highest BCUT2D eigenvalue weighted by Gasteiger charge is 2.22. The molecule has 1 aliphatic rings. The Bertz CT molecular complexity index is 719. The first kappa shape index (κ1) is 17.2. The van der Waals surface area contributed by atoms with Crippen LogP contribution in [-0.2, 0) is 0 Å². The third-order valence-corrected chi connectivity index (χ3v) is 4.57. The normalized spacial score (nSPS) is 20.0. The summed E-state index contributed by atoms with van der Waals surface area (Å²) in [6.07, 6.45) is 5.06. The van der Waals surface area contributed by atoms with Gasteiger partial charge in [0.1, 0.15) is 0 Å². The standard InChI is InChI=1S/C19H22N2O4/c22-12-13-6-8-15(9-7-13)20-18(23)14-3-1-4-16(11-14)21-19(24)17-5-2-10-25-17/h1-5,10-11,13,15,22H,6-9,12H2,(H,20,23)(H,21,24). The molecule has 0 unspecified atom stereocenters. The van der Waals surface area contributed by atoms with Crippen LogP contribution in [0, 0.1) is 5.92 Å². The van der Waals surface area contributed by atoms with Crippen LogP contribution >= 0.6 is 0 Å². The molecule has 0 bridgehead atoms. The minimum Gasteiger partial charge on any atom is -0.459 e. The first-order chi connectivity index (χ1) is 12.2. The highest BCUT2D eigenvalue weighted by atomic mass is 16.3. The molecule has 25 heavy (non-hydrogen) atoms. The molecule has 6 nitrogen and oxygen atoms in total. The Morgan fingerprint density at radius 3 is 2.56 bits per heavy atom. The van der Waals surface area contributed by atoms with E-state index in [1.165, 1.54) is 6.26 Å². The average molecular weight is 342 g/mol. The molecule has 2 amide bonds. The van der Waals surface area contributed by atoms with E-state index in [0.29, 0.717) is 17.2 Å². The second-order valence-electron chi connectivity index (χ2n) is 6.39. The van der Waals surface area contributed by atoms with Crippen molar-refractivity contribution in [2.75, 3.05) is 11.9 Å². The number of aliphatic hydroxyl groups excluding tert-OH is 1. The third kappa shape index (κ3) is 4.48. The molecule has 1 aliphatic carbocycles. The molecule has 0 saturated heterocycles. The van der Waals surface area contributed by atoms with Crippen molar-refractivity contribution in [2.24, 2.45) is 5.92 Å². The zero-order chi connectivity index (χ0) is 17.6. The lowest BCUT2D eigenvalue weighted by Gasteiger charge is -2.28. The van der Waals surface area contributed by atoms with E-state index >= 15 is 0 Å². The summed E-state index contributed by atoms with van der Waals surface area (Å²) in [5, 5.41) is 14.9. The van der Waals surface area contributed by atoms with E-state index in [1.54, 1.807) is 36.4 Å². The summed E-state index contributed by atoms with van der Waals surface area (Å²) in [7, 11) is 0. The topological polar surface area (TPSA) is 91.6 Å². The number of rotatable bonds is 5. The molecule has 1 aromatic heterocycles. The maximum Gasteiger partial charge on any atom is 0.291 e. The molecule has 0 spiro atoms. The molecule has 1 aromatic carbocycles. The van der Waals surface area contributed by atoms with Gasteiger partial charge in [-0.25, -0.2) is 0 Å². The summed E-state index contributed by atoms with van der Waals surface area (Å²) < 4.78 is 5.05. The number of furan rings is 1. The predicted octanol–water partition coefficient (Wildman–Crippen LogP) is 2.81. The van der Waals surface area contributed by atoms with E-state index in [4.69, 9.17) is 4.42 Å². The van der Waals surface area contributed by atoms with E-state index in [-0.39, 0.29) is 30.2 Å². The Hall–Kier alpha value is -2.60. The third-order valence-electron chi connectivity index (χ3n) is 4.57. The van der Waals surface area contributed by atoms with Crippen LogP contribution in [0.4, 0.5) is 5.69 Å². The van der Waals surface area contributed by atoms with Crippen LogP contribution in [0.25, 0.3) is 0 Å². The Balaban J connectivity index is 1.59. The monoisotopic (exact) mass is 342 g/mol. The molecule has 2 aromatic rings. The lowest BCUT2D eigenvalue weighted by Crippen LogP contribution is -2.38. The fourth-order valence-corrected chi connectivity index (χ4v) is 3.10. The molecule has 0 radical (unpaired) electrons. The Morgan fingerprint density at radius 1 is 1.08 bits per heavy atom. The van der Waals surface area contributed by atoms with E-state index in [9.17, 15) is 14.7 Å². The number of hydrogen-bond acceptors (Lipinski definition) is 4. The van der Waals surface area contributed by atoms with Gasteiger partial charge in [0.05, 0.1) is 6.26 Å². The van der Waals surface area contributed by atoms with Crippen LogP contribution in [0.5, 0.6) is 0 Å². The van der Waals surface area contributed by atoms with E-state index in [0.717, 1.165) is 25.7 Å². The second-order valence-corrected chi connectivity index (χ2v) is 6.39. The van der Waals surface area contributed by atoms with Gasteiger partial charge >= 0.3 is 0 Å². The predicted molar refractivity (Wildman–Crippen MR) is 93.4 cm³/mol. The summed E-state index contributed by atoms with van der Waals surface area (Å²) in [4.78, 5) is 24.4. The fraction of sp³-hybridized carbons (Fsp3) is 0.368. The molecule has 132 valence electrons. The minimum atomic E-state index is -0.357. The minimum absolute atomic E-state index is 0.136. The number of carbonyl (C=O) groups is 2. The first-order valence-corrected chi connectivity index (χ1v) is 8.52. The summed E-state index contributed by atoms with van der Waals surface area (Å²) in [5.41, 5.74) is 1.04. The number of carbonyl (C=O) groups excluding carboxylic acids is 2. The molecule has 1 fully saturated rings. The molecule has 0 aliphatic heterocycles. The van der Waals surface area contributed by atoms with Gasteiger partial charge in [0, 0.05) is 23.9 Å². The van der Waals surface area contributed by atoms with Crippen LogP contribution in [0.2, 0.25) is 0 Å².